The maximum Gasteiger partial charge on any atom is 0.129 e. The molecule has 0 saturated carbocycles. The van der Waals surface area contributed by atoms with Gasteiger partial charge in [-0.25, -0.2) is 0 Å². The van der Waals surface area contributed by atoms with E-state index >= 15 is 0 Å². The summed E-state index contributed by atoms with van der Waals surface area (Å²) in [5.74, 6) is 0.307. The van der Waals surface area contributed by atoms with Gasteiger partial charge in [0.25, 0.3) is 0 Å². The van der Waals surface area contributed by atoms with Gasteiger partial charge in [0.05, 0.1) is 0 Å². The molecule has 0 aromatic rings. The van der Waals surface area contributed by atoms with Crippen molar-refractivity contribution < 1.29 is 35.9 Å². The van der Waals surface area contributed by atoms with E-state index in [1.807, 2.05) is 13.8 Å². The van der Waals surface area contributed by atoms with Crippen molar-refractivity contribution in [2.45, 2.75) is 93.7 Å². The number of hydrogen-bond donors (Lipinski definition) is 0. The Morgan fingerprint density at radius 1 is 1.00 bits per heavy atom. The van der Waals surface area contributed by atoms with Crippen LogP contribution in [0.15, 0.2) is 0 Å². The minimum absolute atomic E-state index is 0. The van der Waals surface area contributed by atoms with Crippen LogP contribution < -0.4 is 0 Å². The third-order valence-electron chi connectivity index (χ3n) is 1.46. The zero-order valence-electron chi connectivity index (χ0n) is 14.2. The summed E-state index contributed by atoms with van der Waals surface area (Å²) >= 11 is 0. The second-order valence-electron chi connectivity index (χ2n) is 3.71. The summed E-state index contributed by atoms with van der Waals surface area (Å²) in [6.07, 6.45) is 6.74. The zero-order valence-corrected chi connectivity index (χ0v) is 18.4. The Labute approximate surface area is 142 Å². The quantitative estimate of drug-likeness (QED) is 0.456. The molecule has 3 heteroatoms. The maximum atomic E-state index is 10.2. The Kier molecular flexibility index (Phi) is 74.8. The van der Waals surface area contributed by atoms with Crippen molar-refractivity contribution in [3.05, 3.63) is 0 Å². The normalized spacial score (nSPS) is 6.89. The van der Waals surface area contributed by atoms with E-state index in [0.717, 1.165) is 19.3 Å². The predicted molar refractivity (Wildman–Crippen MR) is 84.2 cm³/mol. The number of Topliss-reactive ketones (excluding diaryl/α,β-unsaturated/α-hetero) is 1. The molecule has 0 amide bonds. The Morgan fingerprint density at radius 2 is 1.39 bits per heavy atom. The van der Waals surface area contributed by atoms with Crippen LogP contribution in [-0.4, -0.2) is 13.1 Å². The summed E-state index contributed by atoms with van der Waals surface area (Å²) in [6.45, 7) is 16.2. The van der Waals surface area contributed by atoms with Gasteiger partial charge in [-0.05, 0) is 13.3 Å². The van der Waals surface area contributed by atoms with E-state index in [-0.39, 0.29) is 31.1 Å². The Morgan fingerprint density at radius 3 is 1.44 bits per heavy atom. The van der Waals surface area contributed by atoms with Crippen LogP contribution in [0.3, 0.4) is 0 Å². The van der Waals surface area contributed by atoms with Gasteiger partial charge in [-0.15, -0.1) is 0 Å². The number of ketones is 1. The fourth-order valence-corrected chi connectivity index (χ4v) is 0.714. The van der Waals surface area contributed by atoms with Crippen LogP contribution in [0.25, 0.3) is 0 Å². The fraction of sp³-hybridized carbons (Fsp3) is 0.933. The molecule has 0 fully saturated rings. The molecule has 0 aromatic carbocycles. The number of carbonyl (C=O) groups is 1. The van der Waals surface area contributed by atoms with Gasteiger partial charge in [-0.2, -0.15) is 0 Å². The minimum Gasteiger partial charge on any atom is -0.300 e. The fourth-order valence-electron chi connectivity index (χ4n) is 0.714. The zero-order chi connectivity index (χ0) is 14.5. The van der Waals surface area contributed by atoms with E-state index in [4.69, 9.17) is 0 Å². The van der Waals surface area contributed by atoms with Crippen molar-refractivity contribution in [3.8, 4) is 0 Å². The van der Waals surface area contributed by atoms with E-state index in [2.05, 4.69) is 41.8 Å². The van der Waals surface area contributed by atoms with Crippen molar-refractivity contribution >= 4 is 13.1 Å². The molecule has 109 valence electrons. The van der Waals surface area contributed by atoms with Gasteiger partial charge in [0.2, 0.25) is 0 Å². The summed E-state index contributed by atoms with van der Waals surface area (Å²) in [5.41, 5.74) is 0. The molecule has 0 atom stereocenters. The van der Waals surface area contributed by atoms with Crippen LogP contribution in [0.5, 0.6) is 0 Å². The number of hydrogen-bond acceptors (Lipinski definition) is 1. The van der Waals surface area contributed by atoms with Gasteiger partial charge >= 0.3 is 0 Å². The molecule has 0 bridgehead atoms. The van der Waals surface area contributed by atoms with Crippen LogP contribution >= 0.6 is 0 Å². The molecule has 0 rings (SSSR count). The summed E-state index contributed by atoms with van der Waals surface area (Å²) in [7, 11) is 2.18. The number of unbranched alkanes of at least 4 members (excludes halogenated alkanes) is 1. The van der Waals surface area contributed by atoms with Crippen molar-refractivity contribution in [2.24, 2.45) is 0 Å². The van der Waals surface area contributed by atoms with E-state index < -0.39 is 0 Å². The first kappa shape index (κ1) is 31.3. The van der Waals surface area contributed by atoms with Crippen LogP contribution in [0.4, 0.5) is 0 Å². The van der Waals surface area contributed by atoms with Crippen molar-refractivity contribution in [3.63, 3.8) is 0 Å². The molecule has 0 spiro atoms. The first-order valence-electron chi connectivity index (χ1n) is 7.37. The van der Waals surface area contributed by atoms with Crippen molar-refractivity contribution in [1.29, 1.82) is 0 Å². The minimum atomic E-state index is 0. The second-order valence-corrected chi connectivity index (χ2v) is 3.71. The summed E-state index contributed by atoms with van der Waals surface area (Å²) in [5, 5.41) is 0. The summed E-state index contributed by atoms with van der Waals surface area (Å²) in [4.78, 5) is 10.2. The third-order valence-corrected chi connectivity index (χ3v) is 1.46. The molecule has 0 N–H and O–H groups in total. The van der Waals surface area contributed by atoms with Gasteiger partial charge in [-0.1, -0.05) is 73.9 Å². The summed E-state index contributed by atoms with van der Waals surface area (Å²) < 4.78 is 0. The van der Waals surface area contributed by atoms with E-state index in [9.17, 15) is 4.79 Å². The van der Waals surface area contributed by atoms with Crippen molar-refractivity contribution in [2.75, 3.05) is 0 Å². The van der Waals surface area contributed by atoms with Gasteiger partial charge in [0, 0.05) is 37.5 Å². The molecule has 0 aromatic heterocycles. The standard InChI is InChI=1S/C6H12O.C4H10B.C3H8.C2H6.U/c1-3-4-5-6(2)7;1-3-4-5-2;1-3-2;1-2;/h3-5H2,1-2H3;3-4H2,1-2H3;3H2,1-2H3;1-2H3;. The molecule has 0 heterocycles. The monoisotopic (exact) mass is 481 g/mol. The largest absolute Gasteiger partial charge is 0.300 e. The molecule has 0 unspecified atom stereocenters. The maximum absolute atomic E-state index is 10.2. The van der Waals surface area contributed by atoms with Gasteiger partial charge in [0.15, 0.2) is 0 Å². The van der Waals surface area contributed by atoms with Crippen LogP contribution in [0, 0.1) is 31.1 Å². The molecule has 18 heavy (non-hydrogen) atoms. The smallest absolute Gasteiger partial charge is 0.129 e. The SMILES string of the molecule is CC.CCC.CCCCC(C)=O.C[B]CCC.[U]. The average molecular weight is 481 g/mol. The predicted octanol–water partition coefficient (Wildman–Crippen LogP) is 5.78. The van der Waals surface area contributed by atoms with Crippen LogP contribution in [-0.2, 0) is 4.79 Å². The van der Waals surface area contributed by atoms with Gasteiger partial charge < -0.3 is 4.79 Å². The first-order valence-corrected chi connectivity index (χ1v) is 7.37. The first-order chi connectivity index (χ1) is 8.10. The molecule has 0 aliphatic heterocycles. The van der Waals surface area contributed by atoms with Crippen molar-refractivity contribution in [1.82, 2.24) is 0 Å². The van der Waals surface area contributed by atoms with Crippen LogP contribution in [0.2, 0.25) is 13.1 Å². The van der Waals surface area contributed by atoms with E-state index in [1.54, 1.807) is 6.92 Å². The van der Waals surface area contributed by atoms with Gasteiger partial charge in [0.1, 0.15) is 13.1 Å². The molecular formula is C15H36BOU. The van der Waals surface area contributed by atoms with E-state index in [0.29, 0.717) is 5.78 Å². The average Bonchev–Trinajstić information content (AvgIpc) is 2.32. The number of rotatable bonds is 5. The molecule has 0 aliphatic rings. The topological polar surface area (TPSA) is 17.1 Å². The molecule has 1 radical (unpaired) electrons. The Bertz CT molecular complexity index is 107. The third kappa shape index (κ3) is 90.8. The number of carbonyl (C=O) groups excluding carboxylic acids is 1. The Balaban J connectivity index is -0.0000000455. The van der Waals surface area contributed by atoms with Gasteiger partial charge in [-0.3, -0.25) is 0 Å². The van der Waals surface area contributed by atoms with Crippen LogP contribution in [0.1, 0.15) is 80.6 Å². The second kappa shape index (κ2) is 43.1. The molecular weight excluding hydrogens is 445 g/mol. The molecule has 0 saturated heterocycles. The summed E-state index contributed by atoms with van der Waals surface area (Å²) in [6, 6.07) is 0. The Hall–Kier alpha value is 0.787. The molecule has 0 aliphatic carbocycles. The van der Waals surface area contributed by atoms with E-state index in [1.165, 1.54) is 19.2 Å². The molecule has 1 nitrogen and oxygen atoms in total.